The van der Waals surface area contributed by atoms with Gasteiger partial charge in [0.1, 0.15) is 5.60 Å². The highest BCUT2D eigenvalue weighted by molar-refractivity contribution is 5.69. The van der Waals surface area contributed by atoms with Crippen molar-refractivity contribution in [3.8, 4) is 11.4 Å². The van der Waals surface area contributed by atoms with Crippen LogP contribution in [0.1, 0.15) is 39.5 Å². The lowest BCUT2D eigenvalue weighted by molar-refractivity contribution is 0.0222. The molecule has 1 aromatic carbocycles. The van der Waals surface area contributed by atoms with Gasteiger partial charge in [0.2, 0.25) is 11.7 Å². The second-order valence-electron chi connectivity index (χ2n) is 7.05. The highest BCUT2D eigenvalue weighted by Gasteiger charge is 2.33. The van der Waals surface area contributed by atoms with Crippen molar-refractivity contribution in [1.82, 2.24) is 15.0 Å². The van der Waals surface area contributed by atoms with E-state index in [4.69, 9.17) is 9.26 Å². The molecule has 3 rings (SSSR count). The van der Waals surface area contributed by atoms with Crippen molar-refractivity contribution >= 4 is 6.09 Å². The van der Waals surface area contributed by atoms with Crippen molar-refractivity contribution in [1.29, 1.82) is 0 Å². The number of nitrogens with zero attached hydrogens (tertiary/aromatic N) is 3. The smallest absolute Gasteiger partial charge is 0.410 e. The summed E-state index contributed by atoms with van der Waals surface area (Å²) in [5.41, 5.74) is 0.428. The fraction of sp³-hybridized carbons (Fsp3) is 0.500. The summed E-state index contributed by atoms with van der Waals surface area (Å²) in [5.74, 6) is 1.13. The maximum atomic E-state index is 12.3. The zero-order valence-corrected chi connectivity index (χ0v) is 14.4. The fourth-order valence-corrected chi connectivity index (χ4v) is 2.85. The molecule has 1 amide bonds. The highest BCUT2D eigenvalue weighted by Crippen LogP contribution is 2.24. The topological polar surface area (TPSA) is 68.5 Å². The van der Waals surface area contributed by atoms with Gasteiger partial charge in [-0.25, -0.2) is 4.79 Å². The van der Waals surface area contributed by atoms with E-state index in [1.54, 1.807) is 4.90 Å². The van der Waals surface area contributed by atoms with Crippen LogP contribution in [0.15, 0.2) is 34.9 Å². The number of carbonyl (C=O) groups is 1. The number of ether oxygens (including phenoxy) is 1. The van der Waals surface area contributed by atoms with E-state index in [1.165, 1.54) is 0 Å². The van der Waals surface area contributed by atoms with E-state index in [0.29, 0.717) is 24.7 Å². The third kappa shape index (κ3) is 3.93. The average Bonchev–Trinajstić information content (AvgIpc) is 3.16. The Balaban J connectivity index is 1.67. The van der Waals surface area contributed by atoms with Crippen LogP contribution in [0.3, 0.4) is 0 Å². The van der Waals surface area contributed by atoms with Crippen LogP contribution in [-0.4, -0.2) is 39.3 Å². The molecule has 24 heavy (non-hydrogen) atoms. The molecule has 1 aliphatic rings. The van der Waals surface area contributed by atoms with Gasteiger partial charge in [-0.15, -0.1) is 0 Å². The zero-order chi connectivity index (χ0) is 17.2. The molecular formula is C18H23N3O3. The molecule has 1 fully saturated rings. The average molecular weight is 329 g/mol. The number of amides is 1. The Bertz CT molecular complexity index is 691. The molecule has 0 unspecified atom stereocenters. The molecule has 0 radical (unpaired) electrons. The van der Waals surface area contributed by atoms with Gasteiger partial charge in [0.05, 0.1) is 0 Å². The number of benzene rings is 1. The molecule has 0 spiro atoms. The molecule has 2 aromatic rings. The van der Waals surface area contributed by atoms with Gasteiger partial charge in [-0.3, -0.25) is 0 Å². The lowest BCUT2D eigenvalue weighted by atomic mass is 10.1. The van der Waals surface area contributed by atoms with Gasteiger partial charge in [0.25, 0.3) is 0 Å². The Morgan fingerprint density at radius 1 is 1.33 bits per heavy atom. The second kappa shape index (κ2) is 6.63. The van der Waals surface area contributed by atoms with Crippen molar-refractivity contribution in [2.75, 3.05) is 6.54 Å². The summed E-state index contributed by atoms with van der Waals surface area (Å²) in [6.07, 6.45) is 2.16. The van der Waals surface area contributed by atoms with Gasteiger partial charge in [0, 0.05) is 24.6 Å². The SMILES string of the molecule is CC(C)(C)OC(=O)N1CCC[C@@H]1Cc1nc(-c2ccccc2)no1. The first kappa shape index (κ1) is 16.5. The Hall–Kier alpha value is -2.37. The van der Waals surface area contributed by atoms with E-state index in [-0.39, 0.29) is 12.1 Å². The van der Waals surface area contributed by atoms with Crippen LogP contribution in [0.2, 0.25) is 0 Å². The lowest BCUT2D eigenvalue weighted by Gasteiger charge is -2.28. The Morgan fingerprint density at radius 3 is 2.79 bits per heavy atom. The first-order valence-electron chi connectivity index (χ1n) is 8.30. The highest BCUT2D eigenvalue weighted by atomic mass is 16.6. The molecule has 1 aliphatic heterocycles. The minimum absolute atomic E-state index is 0.0453. The van der Waals surface area contributed by atoms with Crippen molar-refractivity contribution < 1.29 is 14.1 Å². The monoisotopic (exact) mass is 329 g/mol. The summed E-state index contributed by atoms with van der Waals surface area (Å²) in [6, 6.07) is 9.75. The van der Waals surface area contributed by atoms with E-state index in [0.717, 1.165) is 18.4 Å². The molecule has 2 heterocycles. The maximum Gasteiger partial charge on any atom is 0.410 e. The van der Waals surface area contributed by atoms with Crippen LogP contribution in [0, 0.1) is 0 Å². The van der Waals surface area contributed by atoms with Crippen molar-refractivity contribution in [3.05, 3.63) is 36.2 Å². The lowest BCUT2D eigenvalue weighted by Crippen LogP contribution is -2.40. The molecule has 0 N–H and O–H groups in total. The molecule has 6 heteroatoms. The fourth-order valence-electron chi connectivity index (χ4n) is 2.85. The molecule has 0 aliphatic carbocycles. The Morgan fingerprint density at radius 2 is 2.08 bits per heavy atom. The van der Waals surface area contributed by atoms with Crippen molar-refractivity contribution in [3.63, 3.8) is 0 Å². The van der Waals surface area contributed by atoms with Crippen molar-refractivity contribution in [2.45, 2.75) is 51.7 Å². The van der Waals surface area contributed by atoms with Gasteiger partial charge < -0.3 is 14.2 Å². The molecule has 0 bridgehead atoms. The van der Waals surface area contributed by atoms with Crippen LogP contribution in [0.5, 0.6) is 0 Å². The molecule has 128 valence electrons. The van der Waals surface area contributed by atoms with Gasteiger partial charge in [-0.2, -0.15) is 4.98 Å². The molecule has 6 nitrogen and oxygen atoms in total. The van der Waals surface area contributed by atoms with Gasteiger partial charge in [-0.1, -0.05) is 35.5 Å². The summed E-state index contributed by atoms with van der Waals surface area (Å²) in [4.78, 5) is 18.6. The van der Waals surface area contributed by atoms with E-state index in [1.807, 2.05) is 51.1 Å². The van der Waals surface area contributed by atoms with Crippen LogP contribution in [-0.2, 0) is 11.2 Å². The van der Waals surface area contributed by atoms with Crippen LogP contribution < -0.4 is 0 Å². The summed E-state index contributed by atoms with van der Waals surface area (Å²) in [5, 5.41) is 4.04. The number of hydrogen-bond acceptors (Lipinski definition) is 5. The second-order valence-corrected chi connectivity index (χ2v) is 7.05. The van der Waals surface area contributed by atoms with E-state index < -0.39 is 5.60 Å². The first-order chi connectivity index (χ1) is 11.4. The summed E-state index contributed by atoms with van der Waals surface area (Å²) < 4.78 is 10.9. The predicted molar refractivity (Wildman–Crippen MR) is 89.4 cm³/mol. The minimum Gasteiger partial charge on any atom is -0.444 e. The molecule has 0 saturated carbocycles. The summed E-state index contributed by atoms with van der Waals surface area (Å²) >= 11 is 0. The van der Waals surface area contributed by atoms with Gasteiger partial charge in [-0.05, 0) is 33.6 Å². The standard InChI is InChI=1S/C18H23N3O3/c1-18(2,3)23-17(22)21-11-7-10-14(21)12-15-19-16(20-24-15)13-8-5-4-6-9-13/h4-6,8-9,14H,7,10-12H2,1-3H3/t14-/m1/s1. The quantitative estimate of drug-likeness (QED) is 0.859. The number of aromatic nitrogens is 2. The zero-order valence-electron chi connectivity index (χ0n) is 14.4. The third-order valence-electron chi connectivity index (χ3n) is 3.92. The van der Waals surface area contributed by atoms with Crippen LogP contribution >= 0.6 is 0 Å². The Labute approximate surface area is 141 Å². The normalized spacial score (nSPS) is 18.0. The number of likely N-dealkylation sites (tertiary alicyclic amines) is 1. The van der Waals surface area contributed by atoms with Crippen LogP contribution in [0.4, 0.5) is 4.79 Å². The number of carbonyl (C=O) groups excluding carboxylic acids is 1. The van der Waals surface area contributed by atoms with E-state index in [9.17, 15) is 4.79 Å². The first-order valence-corrected chi connectivity index (χ1v) is 8.30. The Kier molecular flexibility index (Phi) is 4.55. The summed E-state index contributed by atoms with van der Waals surface area (Å²) in [7, 11) is 0. The van der Waals surface area contributed by atoms with Gasteiger partial charge in [0.15, 0.2) is 0 Å². The van der Waals surface area contributed by atoms with Crippen molar-refractivity contribution in [2.24, 2.45) is 0 Å². The molecular weight excluding hydrogens is 306 g/mol. The largest absolute Gasteiger partial charge is 0.444 e. The molecule has 1 atom stereocenters. The van der Waals surface area contributed by atoms with Crippen LogP contribution in [0.25, 0.3) is 11.4 Å². The predicted octanol–water partition coefficient (Wildman–Crippen LogP) is 3.68. The number of hydrogen-bond donors (Lipinski definition) is 0. The molecule has 1 saturated heterocycles. The van der Waals surface area contributed by atoms with E-state index >= 15 is 0 Å². The van der Waals surface area contributed by atoms with Gasteiger partial charge >= 0.3 is 6.09 Å². The third-order valence-corrected chi connectivity index (χ3v) is 3.92. The number of rotatable bonds is 3. The summed E-state index contributed by atoms with van der Waals surface area (Å²) in [6.45, 7) is 6.33. The molecule has 1 aromatic heterocycles. The van der Waals surface area contributed by atoms with E-state index in [2.05, 4.69) is 10.1 Å². The minimum atomic E-state index is -0.491. The maximum absolute atomic E-state index is 12.3.